The molecule has 6 aromatic rings. The Hall–Kier alpha value is -3.36. The molecule has 0 amide bonds. The van der Waals surface area contributed by atoms with Gasteiger partial charge in [-0.15, -0.1) is 34.5 Å². The summed E-state index contributed by atoms with van der Waals surface area (Å²) in [5, 5.41) is 81.8. The predicted octanol–water partition coefficient (Wildman–Crippen LogP) is 23.1. The van der Waals surface area contributed by atoms with Crippen molar-refractivity contribution in [3.63, 3.8) is 0 Å². The van der Waals surface area contributed by atoms with E-state index in [2.05, 4.69) is 358 Å². The minimum absolute atomic E-state index is 0. The van der Waals surface area contributed by atoms with E-state index in [9.17, 15) is 30.6 Å². The quantitative estimate of drug-likeness (QED) is 0.0811. The van der Waals surface area contributed by atoms with Gasteiger partial charge in [0.25, 0.3) is 0 Å². The monoisotopic (exact) mass is 1860 g/mol. The first-order valence-electron chi connectivity index (χ1n) is 42.8. The van der Waals surface area contributed by atoms with Crippen LogP contribution in [0.25, 0.3) is 0 Å². The van der Waals surface area contributed by atoms with Crippen LogP contribution in [-0.2, 0) is 109 Å². The van der Waals surface area contributed by atoms with Crippen molar-refractivity contribution >= 4 is 0 Å². The average Bonchev–Trinajstić information content (AvgIpc) is 0.926. The van der Waals surface area contributed by atoms with Crippen LogP contribution < -0.4 is 30.6 Å². The van der Waals surface area contributed by atoms with Gasteiger partial charge in [0.05, 0.1) is 0 Å². The van der Waals surface area contributed by atoms with E-state index in [-0.39, 0.29) is 180 Å². The second-order valence-corrected chi connectivity index (χ2v) is 45.5. The van der Waals surface area contributed by atoms with Gasteiger partial charge in [-0.2, -0.15) is 0 Å². The Kier molecular flexibility index (Phi) is 39.0. The van der Waals surface area contributed by atoms with E-state index in [1.807, 2.05) is 0 Å². The van der Waals surface area contributed by atoms with Crippen molar-refractivity contribution in [3.8, 4) is 34.5 Å². The Morgan fingerprint density at radius 1 is 0.226 bits per heavy atom. The molecule has 6 aromatic carbocycles. The molecule has 0 saturated carbocycles. The fourth-order valence-corrected chi connectivity index (χ4v) is 14.3. The van der Waals surface area contributed by atoms with Crippen molar-refractivity contribution in [1.82, 2.24) is 14.7 Å². The summed E-state index contributed by atoms with van der Waals surface area (Å²) in [6, 6.07) is 25.2. The molecule has 642 valence electrons. The third-order valence-electron chi connectivity index (χ3n) is 21.8. The maximum absolute atomic E-state index is 13.6. The first kappa shape index (κ1) is 108. The van der Waals surface area contributed by atoms with Gasteiger partial charge in [0.1, 0.15) is 0 Å². The van der Waals surface area contributed by atoms with Gasteiger partial charge in [0, 0.05) is 52.5 Å². The molecule has 1 aliphatic rings. The van der Waals surface area contributed by atoms with Crippen LogP contribution in [0, 0.1) is 80.8 Å². The molecule has 0 atom stereocenters. The van der Waals surface area contributed by atoms with Crippen LogP contribution in [0.3, 0.4) is 0 Å². The summed E-state index contributed by atoms with van der Waals surface area (Å²) in [7, 11) is 0. The van der Waals surface area contributed by atoms with Gasteiger partial charge >= 0.3 is 80.8 Å². The average molecular weight is 1850 g/mol. The molecule has 115 heavy (non-hydrogen) atoms. The van der Waals surface area contributed by atoms with Gasteiger partial charge in [-0.1, -0.05) is 343 Å². The number of ether oxygens (including phenoxy) is 1. The molecule has 0 N–H and O–H groups in total. The molecule has 7 rings (SSSR count). The molecule has 0 spiro atoms. The maximum Gasteiger partial charge on any atom is 3.00 e. The largest absolute Gasteiger partial charge is 3.00 e. The summed E-state index contributed by atoms with van der Waals surface area (Å²) >= 11 is 0. The summed E-state index contributed by atoms with van der Waals surface area (Å²) in [6.45, 7) is 91.8. The summed E-state index contributed by atoms with van der Waals surface area (Å²) in [5.74, 6) is 0.821. The molecule has 12 heteroatoms. The van der Waals surface area contributed by atoms with Crippen LogP contribution in [0.2, 0.25) is 0 Å². The van der Waals surface area contributed by atoms with Crippen molar-refractivity contribution in [2.24, 2.45) is 0 Å². The van der Waals surface area contributed by atoms with Gasteiger partial charge in [-0.05, 0) is 217 Å². The van der Waals surface area contributed by atoms with E-state index in [4.69, 9.17) is 4.74 Å². The Bertz CT molecular complexity index is 3420. The van der Waals surface area contributed by atoms with Gasteiger partial charge in [-0.25, -0.2) is 0 Å². The van der Waals surface area contributed by atoms with E-state index in [1.54, 1.807) is 0 Å². The number of hydrogen-bond donors (Lipinski definition) is 0. The minimum atomic E-state index is -0.229. The van der Waals surface area contributed by atoms with Gasteiger partial charge < -0.3 is 35.4 Å². The molecule has 0 aliphatic carbocycles. The summed E-state index contributed by atoms with van der Waals surface area (Å²) in [4.78, 5) is 6.85. The van der Waals surface area contributed by atoms with E-state index in [1.165, 1.54) is 46.2 Å². The van der Waals surface area contributed by atoms with Crippen LogP contribution in [0.4, 0.5) is 0 Å². The third-order valence-corrected chi connectivity index (χ3v) is 21.8. The van der Waals surface area contributed by atoms with E-state index < -0.39 is 0 Å². The van der Waals surface area contributed by atoms with Crippen molar-refractivity contribution in [1.29, 1.82) is 0 Å². The Morgan fingerprint density at radius 3 is 0.443 bits per heavy atom. The second kappa shape index (κ2) is 41.7. The molecule has 1 saturated heterocycles. The molecule has 2 radical (unpaired) electrons. The van der Waals surface area contributed by atoms with Crippen LogP contribution in [0.5, 0.6) is 34.5 Å². The van der Waals surface area contributed by atoms with Gasteiger partial charge in [-0.3, -0.25) is 14.7 Å². The Labute approximate surface area is 770 Å². The molecule has 1 heterocycles. The maximum atomic E-state index is 13.6. The molecule has 1 fully saturated rings. The molecular weight excluding hydrogens is 1690 g/mol. The zero-order valence-corrected chi connectivity index (χ0v) is 85.5. The SMILES string of the molecule is C1CCOC1.CCCN(Cc1cc(C(C)(C)C)cc(C(C)(C)C)c1[O-])Cc1cc(C(C)(C)C)cc(C(C)(C)C)c1[O-].CCCN(Cc1cc(C(C)(C)C)cc(C(C)(C)C)c1[O-])Cc1cc(C(C)(C)C)cc(C(C)(C)C)c1[O-].CCCN(Cc1cc(C(C)(C)C)cc(C(C)(C)C)c1[O-])Cc1cc(C(C)(C)C)cc(C(C)(C)C)c1[O-].[Sm+3].[Sm+3]. The second-order valence-electron chi connectivity index (χ2n) is 45.5. The summed E-state index contributed by atoms with van der Waals surface area (Å²) in [6.07, 6.45) is 5.43. The smallest absolute Gasteiger partial charge is 0.872 e. The van der Waals surface area contributed by atoms with Crippen molar-refractivity contribution in [3.05, 3.63) is 173 Å². The molecule has 1 aliphatic heterocycles. The number of benzene rings is 6. The van der Waals surface area contributed by atoms with Crippen molar-refractivity contribution in [2.75, 3.05) is 32.8 Å². The van der Waals surface area contributed by atoms with Gasteiger partial charge in [0.15, 0.2) is 0 Å². The third kappa shape index (κ3) is 31.8. The van der Waals surface area contributed by atoms with Crippen LogP contribution in [0.1, 0.15) is 402 Å². The predicted molar refractivity (Wildman–Crippen MR) is 473 cm³/mol. The molecule has 0 bridgehead atoms. The number of hydrogen-bond acceptors (Lipinski definition) is 10. The summed E-state index contributed by atoms with van der Waals surface area (Å²) in [5.41, 5.74) is 15.6. The standard InChI is InChI=1S/3C33H53NO2.C4H8O.2Sm/c3*1-14-15-34(20-22-16-24(30(2,3)4)18-26(28(22)35)32(8,9)10)21-23-17-25(31(5,6)7)19-27(29(23)36)33(11,12)13;1-2-4-5-3-1;;/h3*16-19,35-36H,14-15,20-21H2,1-13H3;1-4H2;;/q;;;;2*+3/p-6. The number of nitrogens with zero attached hydrogens (tertiary/aromatic N) is 3. The van der Waals surface area contributed by atoms with E-state index in [0.29, 0.717) is 39.3 Å². The molecule has 0 aromatic heterocycles. The molecule has 10 nitrogen and oxygen atoms in total. The zero-order valence-electron chi connectivity index (χ0n) is 80.3. The molecular formula is C103H161N3O7Sm2. The number of rotatable bonds is 18. The summed E-state index contributed by atoms with van der Waals surface area (Å²) < 4.78 is 4.94. The van der Waals surface area contributed by atoms with Gasteiger partial charge in [0.2, 0.25) is 0 Å². The molecule has 0 unspecified atom stereocenters. The normalized spacial score (nSPS) is 13.7. The van der Waals surface area contributed by atoms with Crippen molar-refractivity contribution < 1.29 is 116 Å². The van der Waals surface area contributed by atoms with E-state index >= 15 is 0 Å². The Morgan fingerprint density at radius 2 is 0.357 bits per heavy atom. The fraction of sp³-hybridized carbons (Fsp3) is 0.650. The van der Waals surface area contributed by atoms with E-state index in [0.717, 1.165) is 119 Å². The Balaban J connectivity index is 0.000000561. The minimum Gasteiger partial charge on any atom is -0.872 e. The van der Waals surface area contributed by atoms with Crippen LogP contribution >= 0.6 is 0 Å². The first-order chi connectivity index (χ1) is 51.0. The fourth-order valence-electron chi connectivity index (χ4n) is 14.3. The first-order valence-corrected chi connectivity index (χ1v) is 42.8. The van der Waals surface area contributed by atoms with Crippen LogP contribution in [0.15, 0.2) is 72.8 Å². The topological polar surface area (TPSA) is 157 Å². The van der Waals surface area contributed by atoms with Crippen molar-refractivity contribution in [2.45, 2.75) is 406 Å². The van der Waals surface area contributed by atoms with Crippen LogP contribution in [-0.4, -0.2) is 47.5 Å². The zero-order chi connectivity index (χ0) is 87.1.